The Labute approximate surface area is 162 Å². The lowest BCUT2D eigenvalue weighted by atomic mass is 9.96. The summed E-state index contributed by atoms with van der Waals surface area (Å²) in [6, 6.07) is 5.61. The number of aryl methyl sites for hydroxylation is 1. The second-order valence-corrected chi connectivity index (χ2v) is 9.66. The molecule has 1 aliphatic carbocycles. The Morgan fingerprint density at radius 1 is 1.11 bits per heavy atom. The van der Waals surface area contributed by atoms with E-state index >= 15 is 0 Å². The van der Waals surface area contributed by atoms with Crippen molar-refractivity contribution in [3.63, 3.8) is 0 Å². The van der Waals surface area contributed by atoms with Crippen molar-refractivity contribution in [3.8, 4) is 5.75 Å². The third kappa shape index (κ3) is 5.15. The molecule has 1 unspecified atom stereocenters. The van der Waals surface area contributed by atoms with Crippen LogP contribution in [0.5, 0.6) is 5.75 Å². The SMILES string of the molecule is Cc1ccc2c(c1)N(S(C)(=O)=O)CCC(C(=O)NC1CCCCCCC1)O2. The van der Waals surface area contributed by atoms with E-state index in [0.717, 1.165) is 31.2 Å². The number of carbonyl (C=O) groups is 1. The molecular weight excluding hydrogens is 364 g/mol. The maximum Gasteiger partial charge on any atom is 0.261 e. The molecule has 0 radical (unpaired) electrons. The van der Waals surface area contributed by atoms with Crippen LogP contribution in [0.25, 0.3) is 0 Å². The topological polar surface area (TPSA) is 75.7 Å². The van der Waals surface area contributed by atoms with Gasteiger partial charge >= 0.3 is 0 Å². The third-order valence-electron chi connectivity index (χ3n) is 5.39. The molecule has 1 amide bonds. The number of ether oxygens (including phenoxy) is 1. The smallest absolute Gasteiger partial charge is 0.261 e. The van der Waals surface area contributed by atoms with E-state index in [1.54, 1.807) is 12.1 Å². The van der Waals surface area contributed by atoms with Crippen molar-refractivity contribution in [1.82, 2.24) is 5.32 Å². The van der Waals surface area contributed by atoms with E-state index < -0.39 is 16.1 Å². The number of hydrogen-bond donors (Lipinski definition) is 1. The van der Waals surface area contributed by atoms with Crippen molar-refractivity contribution in [2.24, 2.45) is 0 Å². The summed E-state index contributed by atoms with van der Waals surface area (Å²) in [7, 11) is -3.44. The van der Waals surface area contributed by atoms with Crippen molar-refractivity contribution < 1.29 is 17.9 Å². The number of carbonyl (C=O) groups excluding carboxylic acids is 1. The Bertz CT molecular complexity index is 770. The van der Waals surface area contributed by atoms with E-state index in [0.29, 0.717) is 17.9 Å². The average Bonchev–Trinajstić information content (AvgIpc) is 2.76. The highest BCUT2D eigenvalue weighted by Crippen LogP contribution is 2.35. The Morgan fingerprint density at radius 2 is 1.78 bits per heavy atom. The highest BCUT2D eigenvalue weighted by molar-refractivity contribution is 7.92. The predicted molar refractivity (Wildman–Crippen MR) is 107 cm³/mol. The molecule has 1 atom stereocenters. The average molecular weight is 395 g/mol. The number of hydrogen-bond acceptors (Lipinski definition) is 4. The lowest BCUT2D eigenvalue weighted by Crippen LogP contribution is -2.44. The molecule has 1 saturated carbocycles. The molecule has 0 aromatic heterocycles. The van der Waals surface area contributed by atoms with Crippen LogP contribution in [0.2, 0.25) is 0 Å². The van der Waals surface area contributed by atoms with Gasteiger partial charge in [-0.05, 0) is 37.5 Å². The fourth-order valence-electron chi connectivity index (χ4n) is 3.91. The summed E-state index contributed by atoms with van der Waals surface area (Å²) in [6.45, 7) is 2.14. The molecule has 7 heteroatoms. The normalized spacial score (nSPS) is 22.0. The minimum absolute atomic E-state index is 0.137. The number of rotatable bonds is 3. The quantitative estimate of drug-likeness (QED) is 0.855. The van der Waals surface area contributed by atoms with Gasteiger partial charge in [0.1, 0.15) is 5.75 Å². The zero-order chi connectivity index (χ0) is 19.4. The summed E-state index contributed by atoms with van der Waals surface area (Å²) in [5.41, 5.74) is 1.46. The lowest BCUT2D eigenvalue weighted by molar-refractivity contribution is -0.128. The number of nitrogens with one attached hydrogen (secondary N) is 1. The van der Waals surface area contributed by atoms with E-state index in [1.165, 1.54) is 29.8 Å². The molecule has 1 heterocycles. The summed E-state index contributed by atoms with van der Waals surface area (Å²) in [4.78, 5) is 12.8. The van der Waals surface area contributed by atoms with Gasteiger partial charge in [0.05, 0.1) is 11.9 Å². The van der Waals surface area contributed by atoms with Gasteiger partial charge in [0.2, 0.25) is 10.0 Å². The largest absolute Gasteiger partial charge is 0.478 e. The second-order valence-electron chi connectivity index (χ2n) is 7.75. The summed E-state index contributed by atoms with van der Waals surface area (Å²) in [6.07, 6.45) is 8.86. The van der Waals surface area contributed by atoms with Crippen molar-refractivity contribution in [2.45, 2.75) is 70.4 Å². The summed E-state index contributed by atoms with van der Waals surface area (Å²) in [5, 5.41) is 3.15. The first kappa shape index (κ1) is 20.0. The maximum atomic E-state index is 12.8. The molecule has 1 fully saturated rings. The van der Waals surface area contributed by atoms with Gasteiger partial charge in [-0.25, -0.2) is 8.42 Å². The molecule has 0 spiro atoms. The molecule has 1 aliphatic heterocycles. The first-order valence-electron chi connectivity index (χ1n) is 9.90. The van der Waals surface area contributed by atoms with Gasteiger partial charge in [0.25, 0.3) is 5.91 Å². The van der Waals surface area contributed by atoms with Gasteiger partial charge in [-0.3, -0.25) is 9.10 Å². The number of nitrogens with zero attached hydrogens (tertiary/aromatic N) is 1. The highest BCUT2D eigenvalue weighted by atomic mass is 32.2. The van der Waals surface area contributed by atoms with Crippen LogP contribution >= 0.6 is 0 Å². The van der Waals surface area contributed by atoms with Crippen LogP contribution in [0.15, 0.2) is 18.2 Å². The van der Waals surface area contributed by atoms with E-state index in [-0.39, 0.29) is 18.5 Å². The van der Waals surface area contributed by atoms with Crippen molar-refractivity contribution in [2.75, 3.05) is 17.1 Å². The molecule has 2 aliphatic rings. The van der Waals surface area contributed by atoms with Crippen LogP contribution in [-0.4, -0.2) is 39.3 Å². The van der Waals surface area contributed by atoms with Crippen LogP contribution in [-0.2, 0) is 14.8 Å². The highest BCUT2D eigenvalue weighted by Gasteiger charge is 2.32. The van der Waals surface area contributed by atoms with E-state index in [4.69, 9.17) is 4.74 Å². The molecule has 1 aromatic rings. The molecule has 1 aromatic carbocycles. The lowest BCUT2D eigenvalue weighted by Gasteiger charge is -2.24. The van der Waals surface area contributed by atoms with Gasteiger partial charge in [0, 0.05) is 19.0 Å². The van der Waals surface area contributed by atoms with E-state index in [2.05, 4.69) is 5.32 Å². The number of sulfonamides is 1. The van der Waals surface area contributed by atoms with Gasteiger partial charge < -0.3 is 10.1 Å². The number of fused-ring (bicyclic) bond motifs is 1. The maximum absolute atomic E-state index is 12.8. The Morgan fingerprint density at radius 3 is 2.44 bits per heavy atom. The summed E-state index contributed by atoms with van der Waals surface area (Å²) < 4.78 is 31.8. The standard InChI is InChI=1S/C20H30N2O4S/c1-15-10-11-18-17(14-15)22(27(2,24)25)13-12-19(26-18)20(23)21-16-8-6-4-3-5-7-9-16/h10-11,14,16,19H,3-9,12-13H2,1-2H3,(H,21,23). The van der Waals surface area contributed by atoms with Gasteiger partial charge in [-0.15, -0.1) is 0 Å². The Kier molecular flexibility index (Phi) is 6.29. The zero-order valence-corrected chi connectivity index (χ0v) is 17.1. The number of benzene rings is 1. The molecule has 1 N–H and O–H groups in total. The van der Waals surface area contributed by atoms with Gasteiger partial charge in [0.15, 0.2) is 6.10 Å². The first-order valence-corrected chi connectivity index (χ1v) is 11.7. The van der Waals surface area contributed by atoms with Crippen LogP contribution in [0, 0.1) is 6.92 Å². The Balaban J connectivity index is 1.76. The zero-order valence-electron chi connectivity index (χ0n) is 16.2. The second kappa shape index (κ2) is 8.50. The van der Waals surface area contributed by atoms with Crippen molar-refractivity contribution >= 4 is 21.6 Å². The summed E-state index contributed by atoms with van der Waals surface area (Å²) >= 11 is 0. The number of anilines is 1. The van der Waals surface area contributed by atoms with Crippen molar-refractivity contribution in [1.29, 1.82) is 0 Å². The van der Waals surface area contributed by atoms with Crippen LogP contribution in [0.1, 0.15) is 56.9 Å². The first-order chi connectivity index (χ1) is 12.8. The van der Waals surface area contributed by atoms with Gasteiger partial charge in [-0.2, -0.15) is 0 Å². The molecule has 3 rings (SSSR count). The fourth-order valence-corrected chi connectivity index (χ4v) is 4.85. The van der Waals surface area contributed by atoms with Gasteiger partial charge in [-0.1, -0.05) is 38.2 Å². The minimum atomic E-state index is -3.44. The van der Waals surface area contributed by atoms with E-state index in [1.807, 2.05) is 13.0 Å². The Hall–Kier alpha value is -1.76. The fraction of sp³-hybridized carbons (Fsp3) is 0.650. The summed E-state index contributed by atoms with van der Waals surface area (Å²) in [5.74, 6) is 0.309. The molecule has 6 nitrogen and oxygen atoms in total. The molecule has 0 saturated heterocycles. The molecular formula is C20H30N2O4S. The van der Waals surface area contributed by atoms with Crippen LogP contribution in [0.4, 0.5) is 5.69 Å². The molecule has 150 valence electrons. The predicted octanol–water partition coefficient (Wildman–Crippen LogP) is 3.14. The molecule has 0 bridgehead atoms. The number of amides is 1. The monoisotopic (exact) mass is 394 g/mol. The van der Waals surface area contributed by atoms with Crippen LogP contribution < -0.4 is 14.4 Å². The van der Waals surface area contributed by atoms with Crippen LogP contribution in [0.3, 0.4) is 0 Å². The minimum Gasteiger partial charge on any atom is -0.478 e. The van der Waals surface area contributed by atoms with Crippen molar-refractivity contribution in [3.05, 3.63) is 23.8 Å². The molecule has 27 heavy (non-hydrogen) atoms. The third-order valence-corrected chi connectivity index (χ3v) is 6.57. The van der Waals surface area contributed by atoms with E-state index in [9.17, 15) is 13.2 Å².